The summed E-state index contributed by atoms with van der Waals surface area (Å²) in [7, 11) is 0. The second-order valence-electron chi connectivity index (χ2n) is 5.42. The van der Waals surface area contributed by atoms with E-state index < -0.39 is 0 Å². The Kier molecular flexibility index (Phi) is 2.52. The van der Waals surface area contributed by atoms with E-state index in [0.29, 0.717) is 6.54 Å². The number of pyridine rings is 1. The molecule has 0 unspecified atom stereocenters. The van der Waals surface area contributed by atoms with Crippen molar-refractivity contribution >= 4 is 10.9 Å². The van der Waals surface area contributed by atoms with Crippen LogP contribution in [-0.2, 0) is 5.41 Å². The van der Waals surface area contributed by atoms with Crippen molar-refractivity contribution in [2.45, 2.75) is 31.6 Å². The first-order chi connectivity index (χ1) is 8.64. The molecule has 1 saturated carbocycles. The SMILES string of the molecule is Cc1cc2cc(C3(CN)CCC3)ccc2[nH]c1=O. The predicted molar refractivity (Wildman–Crippen MR) is 73.9 cm³/mol. The third-order valence-corrected chi connectivity index (χ3v) is 4.34. The van der Waals surface area contributed by atoms with E-state index in [1.807, 2.05) is 19.1 Å². The number of fused-ring (bicyclic) bond motifs is 1. The summed E-state index contributed by atoms with van der Waals surface area (Å²) in [5, 5.41) is 1.10. The van der Waals surface area contributed by atoms with Crippen LogP contribution in [0.5, 0.6) is 0 Å². The van der Waals surface area contributed by atoms with Gasteiger partial charge >= 0.3 is 0 Å². The van der Waals surface area contributed by atoms with E-state index in [1.54, 1.807) is 0 Å². The molecule has 0 bridgehead atoms. The van der Waals surface area contributed by atoms with Gasteiger partial charge in [-0.15, -0.1) is 0 Å². The molecular formula is C15H18N2O. The van der Waals surface area contributed by atoms with Crippen molar-refractivity contribution in [3.05, 3.63) is 45.7 Å². The molecule has 2 aromatic rings. The Morgan fingerprint density at radius 1 is 1.33 bits per heavy atom. The topological polar surface area (TPSA) is 58.9 Å². The van der Waals surface area contributed by atoms with Gasteiger partial charge in [0.25, 0.3) is 5.56 Å². The van der Waals surface area contributed by atoms with E-state index in [0.717, 1.165) is 16.5 Å². The standard InChI is InChI=1S/C15H18N2O/c1-10-7-11-8-12(15(9-16)5-2-6-15)3-4-13(11)17-14(10)18/h3-4,7-8H,2,5-6,9,16H2,1H3,(H,17,18). The van der Waals surface area contributed by atoms with E-state index in [4.69, 9.17) is 5.73 Å². The van der Waals surface area contributed by atoms with Crippen LogP contribution < -0.4 is 11.3 Å². The minimum absolute atomic E-state index is 0.00701. The first kappa shape index (κ1) is 11.5. The van der Waals surface area contributed by atoms with E-state index in [9.17, 15) is 4.79 Å². The third-order valence-electron chi connectivity index (χ3n) is 4.34. The van der Waals surface area contributed by atoms with E-state index >= 15 is 0 Å². The number of rotatable bonds is 2. The largest absolute Gasteiger partial charge is 0.330 e. The minimum atomic E-state index is -0.00701. The van der Waals surface area contributed by atoms with Gasteiger partial charge < -0.3 is 10.7 Å². The van der Waals surface area contributed by atoms with Gasteiger partial charge in [0.15, 0.2) is 0 Å². The zero-order valence-corrected chi connectivity index (χ0v) is 10.6. The van der Waals surface area contributed by atoms with Gasteiger partial charge in [-0.05, 0) is 48.9 Å². The van der Waals surface area contributed by atoms with Crippen LogP contribution in [0.1, 0.15) is 30.4 Å². The van der Waals surface area contributed by atoms with Gasteiger partial charge in [0.2, 0.25) is 0 Å². The molecule has 3 N–H and O–H groups in total. The molecule has 1 aromatic carbocycles. The molecule has 0 amide bonds. The summed E-state index contributed by atoms with van der Waals surface area (Å²) in [4.78, 5) is 14.5. The lowest BCUT2D eigenvalue weighted by molar-refractivity contribution is 0.253. The first-order valence-electron chi connectivity index (χ1n) is 6.49. The molecule has 1 fully saturated rings. The lowest BCUT2D eigenvalue weighted by Gasteiger charge is -2.41. The van der Waals surface area contributed by atoms with Crippen molar-refractivity contribution in [1.82, 2.24) is 4.98 Å². The number of hydrogen-bond acceptors (Lipinski definition) is 2. The van der Waals surface area contributed by atoms with Crippen LogP contribution in [-0.4, -0.2) is 11.5 Å². The van der Waals surface area contributed by atoms with Crippen LogP contribution in [0.3, 0.4) is 0 Å². The number of aromatic amines is 1. The zero-order chi connectivity index (χ0) is 12.8. The van der Waals surface area contributed by atoms with Crippen LogP contribution in [0.2, 0.25) is 0 Å². The average Bonchev–Trinajstić information content (AvgIpc) is 2.30. The molecule has 3 rings (SSSR count). The smallest absolute Gasteiger partial charge is 0.251 e. The number of aryl methyl sites for hydroxylation is 1. The van der Waals surface area contributed by atoms with Crippen LogP contribution in [0, 0.1) is 6.92 Å². The van der Waals surface area contributed by atoms with Crippen LogP contribution in [0.4, 0.5) is 0 Å². The van der Waals surface area contributed by atoms with Crippen LogP contribution >= 0.6 is 0 Å². The number of hydrogen-bond donors (Lipinski definition) is 2. The molecular weight excluding hydrogens is 224 g/mol. The van der Waals surface area contributed by atoms with Gasteiger partial charge in [0.1, 0.15) is 0 Å². The highest BCUT2D eigenvalue weighted by Gasteiger charge is 2.37. The molecule has 3 nitrogen and oxygen atoms in total. The van der Waals surface area contributed by atoms with Gasteiger partial charge in [-0.2, -0.15) is 0 Å². The van der Waals surface area contributed by atoms with Crippen molar-refractivity contribution in [2.24, 2.45) is 5.73 Å². The molecule has 94 valence electrons. The normalized spacial score (nSPS) is 17.7. The summed E-state index contributed by atoms with van der Waals surface area (Å²) < 4.78 is 0. The predicted octanol–water partition coefficient (Wildman–Crippen LogP) is 2.22. The molecule has 0 radical (unpaired) electrons. The van der Waals surface area contributed by atoms with Crippen molar-refractivity contribution < 1.29 is 0 Å². The summed E-state index contributed by atoms with van der Waals surface area (Å²) in [6, 6.07) is 8.26. The van der Waals surface area contributed by atoms with Crippen molar-refractivity contribution in [1.29, 1.82) is 0 Å². The molecule has 0 aliphatic heterocycles. The van der Waals surface area contributed by atoms with E-state index in [1.165, 1.54) is 24.8 Å². The molecule has 1 heterocycles. The Balaban J connectivity index is 2.16. The zero-order valence-electron chi connectivity index (χ0n) is 10.6. The molecule has 1 aromatic heterocycles. The number of nitrogens with two attached hydrogens (primary N) is 1. The molecule has 1 aliphatic carbocycles. The number of nitrogens with one attached hydrogen (secondary N) is 1. The van der Waals surface area contributed by atoms with E-state index in [2.05, 4.69) is 17.1 Å². The molecule has 1 aliphatic rings. The van der Waals surface area contributed by atoms with Crippen LogP contribution in [0.15, 0.2) is 29.1 Å². The van der Waals surface area contributed by atoms with Crippen molar-refractivity contribution in [2.75, 3.05) is 6.54 Å². The molecule has 0 spiro atoms. The fourth-order valence-electron chi connectivity index (χ4n) is 2.86. The molecule has 18 heavy (non-hydrogen) atoms. The fraction of sp³-hybridized carbons (Fsp3) is 0.400. The van der Waals surface area contributed by atoms with Gasteiger partial charge in [-0.3, -0.25) is 4.79 Å². The maximum Gasteiger partial charge on any atom is 0.251 e. The number of H-pyrrole nitrogens is 1. The Labute approximate surface area is 106 Å². The number of aromatic nitrogens is 1. The lowest BCUT2D eigenvalue weighted by atomic mass is 9.64. The Morgan fingerprint density at radius 2 is 2.11 bits per heavy atom. The highest BCUT2D eigenvalue weighted by Crippen LogP contribution is 2.43. The second kappa shape index (κ2) is 3.95. The monoisotopic (exact) mass is 242 g/mol. The molecule has 0 atom stereocenters. The number of benzene rings is 1. The second-order valence-corrected chi connectivity index (χ2v) is 5.42. The Morgan fingerprint density at radius 3 is 2.72 bits per heavy atom. The van der Waals surface area contributed by atoms with Gasteiger partial charge in [-0.1, -0.05) is 12.5 Å². The van der Waals surface area contributed by atoms with Crippen molar-refractivity contribution in [3.63, 3.8) is 0 Å². The molecule has 0 saturated heterocycles. The highest BCUT2D eigenvalue weighted by atomic mass is 16.1. The van der Waals surface area contributed by atoms with Crippen molar-refractivity contribution in [3.8, 4) is 0 Å². The quantitative estimate of drug-likeness (QED) is 0.848. The minimum Gasteiger partial charge on any atom is -0.330 e. The maximum atomic E-state index is 11.6. The summed E-state index contributed by atoms with van der Waals surface area (Å²) in [6.45, 7) is 2.55. The molecule has 3 heteroatoms. The van der Waals surface area contributed by atoms with Crippen LogP contribution in [0.25, 0.3) is 10.9 Å². The van der Waals surface area contributed by atoms with Gasteiger partial charge in [0.05, 0.1) is 0 Å². The Hall–Kier alpha value is -1.61. The summed E-state index contributed by atoms with van der Waals surface area (Å²) in [5.41, 5.74) is 9.09. The average molecular weight is 242 g/mol. The summed E-state index contributed by atoms with van der Waals surface area (Å²) in [5.74, 6) is 0. The Bertz CT molecular complexity index is 648. The van der Waals surface area contributed by atoms with Gasteiger partial charge in [-0.25, -0.2) is 0 Å². The third kappa shape index (κ3) is 1.58. The summed E-state index contributed by atoms with van der Waals surface area (Å²) in [6.07, 6.45) is 3.62. The summed E-state index contributed by atoms with van der Waals surface area (Å²) >= 11 is 0. The first-order valence-corrected chi connectivity index (χ1v) is 6.49. The van der Waals surface area contributed by atoms with E-state index in [-0.39, 0.29) is 11.0 Å². The van der Waals surface area contributed by atoms with Gasteiger partial charge in [0, 0.05) is 23.0 Å². The fourth-order valence-corrected chi connectivity index (χ4v) is 2.86. The lowest BCUT2D eigenvalue weighted by Crippen LogP contribution is -2.41. The highest BCUT2D eigenvalue weighted by molar-refractivity contribution is 5.80. The maximum absolute atomic E-state index is 11.6.